The van der Waals surface area contributed by atoms with Gasteiger partial charge in [-0.15, -0.1) is 0 Å². The highest BCUT2D eigenvalue weighted by Gasteiger charge is 2.23. The van der Waals surface area contributed by atoms with Gasteiger partial charge < -0.3 is 14.6 Å². The second-order valence-electron chi connectivity index (χ2n) is 12.5. The van der Waals surface area contributed by atoms with Gasteiger partial charge in [0, 0.05) is 19.4 Å². The lowest BCUT2D eigenvalue weighted by molar-refractivity contribution is -0.151. The SMILES string of the molecule is CCCCCCCOC(=O)CCCCCCCC(CCO)CCCCCC(=O)OC1CCC(CCCCC)CC1. The van der Waals surface area contributed by atoms with E-state index in [0.29, 0.717) is 25.4 Å². The molecule has 1 saturated carbocycles. The van der Waals surface area contributed by atoms with E-state index in [0.717, 1.165) is 76.5 Å². The van der Waals surface area contributed by atoms with Crippen molar-refractivity contribution in [2.45, 2.75) is 187 Å². The molecule has 40 heavy (non-hydrogen) atoms. The lowest BCUT2D eigenvalue weighted by Crippen LogP contribution is -2.24. The Kier molecular flexibility index (Phi) is 24.7. The molecule has 1 N–H and O–H groups in total. The molecule has 0 saturated heterocycles. The van der Waals surface area contributed by atoms with Gasteiger partial charge in [-0.2, -0.15) is 0 Å². The highest BCUT2D eigenvalue weighted by molar-refractivity contribution is 5.69. The average molecular weight is 567 g/mol. The Bertz CT molecular complexity index is 584. The number of hydrogen-bond acceptors (Lipinski definition) is 5. The van der Waals surface area contributed by atoms with Gasteiger partial charge in [0.15, 0.2) is 0 Å². The number of unbranched alkanes of at least 4 members (excludes halogenated alkanes) is 12. The van der Waals surface area contributed by atoms with E-state index in [1.807, 2.05) is 0 Å². The first-order valence-electron chi connectivity index (χ1n) is 17.5. The third-order valence-corrected chi connectivity index (χ3v) is 8.84. The standard InChI is InChI=1S/C35H66O5/c1-3-5-7-11-18-30-39-34(37)22-16-10-8-9-14-20-31(28-29-36)21-15-12-17-23-35(38)40-33-26-24-32(25-27-33)19-13-6-4-2/h31-33,36H,3-30H2,1-2H3. The molecule has 5 nitrogen and oxygen atoms in total. The monoisotopic (exact) mass is 566 g/mol. The second-order valence-corrected chi connectivity index (χ2v) is 12.5. The van der Waals surface area contributed by atoms with Crippen LogP contribution >= 0.6 is 0 Å². The Morgan fingerprint density at radius 3 is 1.88 bits per heavy atom. The van der Waals surface area contributed by atoms with E-state index in [2.05, 4.69) is 13.8 Å². The number of hydrogen-bond donors (Lipinski definition) is 1. The van der Waals surface area contributed by atoms with E-state index in [9.17, 15) is 14.7 Å². The van der Waals surface area contributed by atoms with Gasteiger partial charge in [0.1, 0.15) is 6.10 Å². The normalized spacial score (nSPS) is 18.0. The van der Waals surface area contributed by atoms with Gasteiger partial charge >= 0.3 is 11.9 Å². The van der Waals surface area contributed by atoms with Crippen LogP contribution in [0.3, 0.4) is 0 Å². The van der Waals surface area contributed by atoms with Gasteiger partial charge in [-0.05, 0) is 63.2 Å². The summed E-state index contributed by atoms with van der Waals surface area (Å²) in [6.07, 6.45) is 28.9. The molecule has 1 unspecified atom stereocenters. The maximum Gasteiger partial charge on any atom is 0.306 e. The summed E-state index contributed by atoms with van der Waals surface area (Å²) in [4.78, 5) is 24.1. The molecule has 5 heteroatoms. The van der Waals surface area contributed by atoms with Crippen molar-refractivity contribution >= 4 is 11.9 Å². The fraction of sp³-hybridized carbons (Fsp3) is 0.943. The molecule has 0 aromatic rings. The van der Waals surface area contributed by atoms with Crippen LogP contribution in [0, 0.1) is 11.8 Å². The summed E-state index contributed by atoms with van der Waals surface area (Å²) in [5.41, 5.74) is 0. The van der Waals surface area contributed by atoms with Crippen LogP contribution in [0.25, 0.3) is 0 Å². The quantitative estimate of drug-likeness (QED) is 0.0791. The zero-order valence-electron chi connectivity index (χ0n) is 26.6. The molecule has 1 aliphatic rings. The zero-order chi connectivity index (χ0) is 29.1. The lowest BCUT2D eigenvalue weighted by Gasteiger charge is -2.28. The summed E-state index contributed by atoms with van der Waals surface area (Å²) in [5.74, 6) is 1.39. The summed E-state index contributed by atoms with van der Waals surface area (Å²) in [7, 11) is 0. The highest BCUT2D eigenvalue weighted by atomic mass is 16.5. The number of carbonyl (C=O) groups is 2. The number of ether oxygens (including phenoxy) is 2. The summed E-state index contributed by atoms with van der Waals surface area (Å²) >= 11 is 0. The molecule has 0 aromatic carbocycles. The largest absolute Gasteiger partial charge is 0.466 e. The number of aliphatic hydroxyl groups is 1. The zero-order valence-corrected chi connectivity index (χ0v) is 26.6. The predicted molar refractivity (Wildman–Crippen MR) is 166 cm³/mol. The van der Waals surface area contributed by atoms with Crippen LogP contribution in [0.2, 0.25) is 0 Å². The van der Waals surface area contributed by atoms with Crippen molar-refractivity contribution in [3.63, 3.8) is 0 Å². The molecule has 1 rings (SSSR count). The molecule has 0 radical (unpaired) electrons. The molecular formula is C35H66O5. The summed E-state index contributed by atoms with van der Waals surface area (Å²) < 4.78 is 11.1. The van der Waals surface area contributed by atoms with E-state index in [1.165, 1.54) is 83.5 Å². The Balaban J connectivity index is 1.98. The van der Waals surface area contributed by atoms with Crippen LogP contribution in [0.5, 0.6) is 0 Å². The molecule has 0 heterocycles. The molecule has 0 aliphatic heterocycles. The van der Waals surface area contributed by atoms with Gasteiger partial charge in [-0.3, -0.25) is 9.59 Å². The van der Waals surface area contributed by atoms with Crippen molar-refractivity contribution in [3.8, 4) is 0 Å². The van der Waals surface area contributed by atoms with Crippen LogP contribution in [-0.4, -0.2) is 36.4 Å². The minimum atomic E-state index is -0.0351. The predicted octanol–water partition coefficient (Wildman–Crippen LogP) is 9.86. The Morgan fingerprint density at radius 2 is 1.20 bits per heavy atom. The molecule has 236 valence electrons. The molecule has 0 amide bonds. The summed E-state index contributed by atoms with van der Waals surface area (Å²) in [6.45, 7) is 5.31. The van der Waals surface area contributed by atoms with Crippen LogP contribution in [0.1, 0.15) is 181 Å². The first kappa shape index (κ1) is 36.9. The van der Waals surface area contributed by atoms with E-state index in [4.69, 9.17) is 9.47 Å². The minimum absolute atomic E-state index is 0.00277. The van der Waals surface area contributed by atoms with Crippen molar-refractivity contribution in [3.05, 3.63) is 0 Å². The van der Waals surface area contributed by atoms with Gasteiger partial charge in [-0.25, -0.2) is 0 Å². The second kappa shape index (κ2) is 26.8. The van der Waals surface area contributed by atoms with Crippen molar-refractivity contribution in [2.24, 2.45) is 11.8 Å². The number of esters is 2. The van der Waals surface area contributed by atoms with E-state index >= 15 is 0 Å². The topological polar surface area (TPSA) is 72.8 Å². The fourth-order valence-corrected chi connectivity index (χ4v) is 6.16. The molecule has 1 fully saturated rings. The van der Waals surface area contributed by atoms with E-state index < -0.39 is 0 Å². The first-order chi connectivity index (χ1) is 19.6. The lowest BCUT2D eigenvalue weighted by atomic mass is 9.84. The van der Waals surface area contributed by atoms with Crippen LogP contribution in [-0.2, 0) is 19.1 Å². The molecule has 0 bridgehead atoms. The first-order valence-corrected chi connectivity index (χ1v) is 17.5. The van der Waals surface area contributed by atoms with Crippen molar-refractivity contribution in [2.75, 3.05) is 13.2 Å². The Morgan fingerprint density at radius 1 is 0.650 bits per heavy atom. The van der Waals surface area contributed by atoms with Crippen LogP contribution in [0.15, 0.2) is 0 Å². The maximum absolute atomic E-state index is 12.3. The average Bonchev–Trinajstić information content (AvgIpc) is 2.95. The number of rotatable bonds is 27. The summed E-state index contributed by atoms with van der Waals surface area (Å²) in [6, 6.07) is 0. The van der Waals surface area contributed by atoms with Crippen molar-refractivity contribution < 1.29 is 24.2 Å². The van der Waals surface area contributed by atoms with Crippen LogP contribution < -0.4 is 0 Å². The Labute approximate surface area is 247 Å². The Hall–Kier alpha value is -1.10. The number of carbonyl (C=O) groups excluding carboxylic acids is 2. The van der Waals surface area contributed by atoms with Gasteiger partial charge in [0.25, 0.3) is 0 Å². The van der Waals surface area contributed by atoms with Gasteiger partial charge in [-0.1, -0.05) is 117 Å². The molecule has 1 aliphatic carbocycles. The molecule has 0 spiro atoms. The maximum atomic E-state index is 12.3. The van der Waals surface area contributed by atoms with E-state index in [1.54, 1.807) is 0 Å². The number of aliphatic hydroxyl groups excluding tert-OH is 1. The third kappa shape index (κ3) is 21.6. The van der Waals surface area contributed by atoms with E-state index in [-0.39, 0.29) is 24.6 Å². The minimum Gasteiger partial charge on any atom is -0.466 e. The molecular weight excluding hydrogens is 500 g/mol. The van der Waals surface area contributed by atoms with Crippen molar-refractivity contribution in [1.29, 1.82) is 0 Å². The molecule has 0 aromatic heterocycles. The van der Waals surface area contributed by atoms with Crippen LogP contribution in [0.4, 0.5) is 0 Å². The fourth-order valence-electron chi connectivity index (χ4n) is 6.16. The van der Waals surface area contributed by atoms with Gasteiger partial charge in [0.05, 0.1) is 6.61 Å². The summed E-state index contributed by atoms with van der Waals surface area (Å²) in [5, 5.41) is 9.47. The van der Waals surface area contributed by atoms with Crippen molar-refractivity contribution in [1.82, 2.24) is 0 Å². The highest BCUT2D eigenvalue weighted by Crippen LogP contribution is 2.30. The molecule has 1 atom stereocenters. The smallest absolute Gasteiger partial charge is 0.306 e. The van der Waals surface area contributed by atoms with Gasteiger partial charge in [0.2, 0.25) is 0 Å². The third-order valence-electron chi connectivity index (χ3n) is 8.84.